The van der Waals surface area contributed by atoms with E-state index in [1.807, 2.05) is 0 Å². The predicted octanol–water partition coefficient (Wildman–Crippen LogP) is 1.37. The molecule has 2 saturated heterocycles. The molecule has 2 aliphatic rings. The Morgan fingerprint density at radius 2 is 1.78 bits per heavy atom. The molecule has 2 atom stereocenters. The number of likely N-dealkylation sites (tertiary alicyclic amines) is 1. The van der Waals surface area contributed by atoms with Gasteiger partial charge in [0, 0.05) is 38.1 Å². The molecule has 18 heavy (non-hydrogen) atoms. The first-order valence-electron chi connectivity index (χ1n) is 6.81. The third kappa shape index (κ3) is 2.44. The molecule has 2 fully saturated rings. The smallest absolute Gasteiger partial charge is 0.0510 e. The van der Waals surface area contributed by atoms with E-state index in [4.69, 9.17) is 4.74 Å². The Balaban J connectivity index is 1.66. The maximum Gasteiger partial charge on any atom is 0.0510 e. The zero-order valence-electron chi connectivity index (χ0n) is 10.7. The normalized spacial score (nSPS) is 32.4. The Morgan fingerprint density at radius 3 is 2.39 bits per heavy atom. The highest BCUT2D eigenvalue weighted by molar-refractivity contribution is 5.14. The number of ether oxygens (including phenoxy) is 1. The fourth-order valence-corrected chi connectivity index (χ4v) is 3.39. The summed E-state index contributed by atoms with van der Waals surface area (Å²) in [4.78, 5) is 2.51. The van der Waals surface area contributed by atoms with E-state index in [1.54, 1.807) is 0 Å². The number of hydrogen-bond donors (Lipinski definition) is 1. The maximum absolute atomic E-state index is 9.50. The molecule has 3 rings (SSSR count). The van der Waals surface area contributed by atoms with Crippen molar-refractivity contribution in [2.45, 2.75) is 6.54 Å². The van der Waals surface area contributed by atoms with Gasteiger partial charge in [-0.25, -0.2) is 0 Å². The number of piperidine rings is 1. The summed E-state index contributed by atoms with van der Waals surface area (Å²) < 4.78 is 5.63. The van der Waals surface area contributed by atoms with Crippen LogP contribution in [0.15, 0.2) is 30.3 Å². The van der Waals surface area contributed by atoms with Crippen molar-refractivity contribution in [2.24, 2.45) is 17.8 Å². The summed E-state index contributed by atoms with van der Waals surface area (Å²) in [5, 5.41) is 9.50. The molecule has 0 amide bonds. The molecule has 2 unspecified atom stereocenters. The molecule has 0 saturated carbocycles. The van der Waals surface area contributed by atoms with Crippen LogP contribution in [0.4, 0.5) is 0 Å². The molecule has 0 aliphatic carbocycles. The van der Waals surface area contributed by atoms with Crippen molar-refractivity contribution >= 4 is 0 Å². The maximum atomic E-state index is 9.50. The first kappa shape index (κ1) is 12.2. The summed E-state index contributed by atoms with van der Waals surface area (Å²) in [6, 6.07) is 10.6. The zero-order chi connectivity index (χ0) is 12.4. The molecule has 3 nitrogen and oxygen atoms in total. The van der Waals surface area contributed by atoms with Crippen LogP contribution in [-0.2, 0) is 11.3 Å². The van der Waals surface area contributed by atoms with E-state index in [9.17, 15) is 5.11 Å². The van der Waals surface area contributed by atoms with Gasteiger partial charge in [-0.3, -0.25) is 4.90 Å². The van der Waals surface area contributed by atoms with Crippen molar-refractivity contribution in [1.82, 2.24) is 4.90 Å². The predicted molar refractivity (Wildman–Crippen MR) is 70.1 cm³/mol. The van der Waals surface area contributed by atoms with Crippen LogP contribution in [-0.4, -0.2) is 42.9 Å². The van der Waals surface area contributed by atoms with Gasteiger partial charge in [0.05, 0.1) is 13.2 Å². The van der Waals surface area contributed by atoms with Crippen LogP contribution in [0, 0.1) is 17.8 Å². The van der Waals surface area contributed by atoms with Crippen molar-refractivity contribution in [3.8, 4) is 0 Å². The van der Waals surface area contributed by atoms with Crippen molar-refractivity contribution < 1.29 is 9.84 Å². The fourth-order valence-electron chi connectivity index (χ4n) is 3.39. The average Bonchev–Trinajstić information content (AvgIpc) is 2.39. The largest absolute Gasteiger partial charge is 0.396 e. The third-order valence-corrected chi connectivity index (χ3v) is 4.32. The van der Waals surface area contributed by atoms with E-state index < -0.39 is 0 Å². The molecule has 3 heteroatoms. The molecule has 1 N–H and O–H groups in total. The van der Waals surface area contributed by atoms with Crippen molar-refractivity contribution in [2.75, 3.05) is 32.9 Å². The molecule has 0 aromatic heterocycles. The summed E-state index contributed by atoms with van der Waals surface area (Å²) in [7, 11) is 0. The summed E-state index contributed by atoms with van der Waals surface area (Å²) in [5.74, 6) is 1.46. The van der Waals surface area contributed by atoms with Gasteiger partial charge in [0.2, 0.25) is 0 Å². The van der Waals surface area contributed by atoms with Crippen LogP contribution in [0.25, 0.3) is 0 Å². The van der Waals surface area contributed by atoms with Gasteiger partial charge in [-0.2, -0.15) is 0 Å². The Bertz CT molecular complexity index is 367. The van der Waals surface area contributed by atoms with Gasteiger partial charge < -0.3 is 9.84 Å². The van der Waals surface area contributed by atoms with Gasteiger partial charge in [0.1, 0.15) is 0 Å². The van der Waals surface area contributed by atoms with Gasteiger partial charge >= 0.3 is 0 Å². The SMILES string of the molecule is OCC1C2COCC1CN(Cc1ccccc1)C2. The number of aliphatic hydroxyl groups excluding tert-OH is 1. The van der Waals surface area contributed by atoms with Crippen LogP contribution in [0.2, 0.25) is 0 Å². The lowest BCUT2D eigenvalue weighted by Gasteiger charge is -2.46. The topological polar surface area (TPSA) is 32.7 Å². The van der Waals surface area contributed by atoms with Gasteiger partial charge in [-0.15, -0.1) is 0 Å². The summed E-state index contributed by atoms with van der Waals surface area (Å²) in [5.41, 5.74) is 1.37. The van der Waals surface area contributed by atoms with Crippen LogP contribution >= 0.6 is 0 Å². The highest BCUT2D eigenvalue weighted by atomic mass is 16.5. The highest BCUT2D eigenvalue weighted by Gasteiger charge is 2.39. The van der Waals surface area contributed by atoms with Crippen molar-refractivity contribution in [3.63, 3.8) is 0 Å². The molecule has 1 aromatic rings. The summed E-state index contributed by atoms with van der Waals surface area (Å²) >= 11 is 0. The number of benzene rings is 1. The minimum absolute atomic E-state index is 0.317. The van der Waals surface area contributed by atoms with Crippen LogP contribution in [0.5, 0.6) is 0 Å². The zero-order valence-corrected chi connectivity index (χ0v) is 10.7. The Labute approximate surface area is 108 Å². The second-order valence-corrected chi connectivity index (χ2v) is 5.58. The molecule has 2 aliphatic heterocycles. The van der Waals surface area contributed by atoms with Gasteiger partial charge in [0.25, 0.3) is 0 Å². The van der Waals surface area contributed by atoms with Gasteiger partial charge in [0.15, 0.2) is 0 Å². The van der Waals surface area contributed by atoms with E-state index in [-0.39, 0.29) is 0 Å². The number of fused-ring (bicyclic) bond motifs is 2. The second-order valence-electron chi connectivity index (χ2n) is 5.58. The van der Waals surface area contributed by atoms with E-state index in [2.05, 4.69) is 35.2 Å². The molecule has 1 aromatic carbocycles. The molecule has 0 radical (unpaired) electrons. The number of aliphatic hydroxyl groups is 1. The molecular weight excluding hydrogens is 226 g/mol. The van der Waals surface area contributed by atoms with Gasteiger partial charge in [-0.1, -0.05) is 30.3 Å². The van der Waals surface area contributed by atoms with E-state index in [0.29, 0.717) is 24.4 Å². The standard InChI is InChI=1S/C15H21NO2/c17-9-15-13-7-16(8-14(15)11-18-10-13)6-12-4-2-1-3-5-12/h1-5,13-15,17H,6-11H2. The molecule has 0 spiro atoms. The fraction of sp³-hybridized carbons (Fsp3) is 0.600. The van der Waals surface area contributed by atoms with E-state index in [1.165, 1.54) is 5.56 Å². The minimum Gasteiger partial charge on any atom is -0.396 e. The minimum atomic E-state index is 0.317. The summed E-state index contributed by atoms with van der Waals surface area (Å²) in [6.07, 6.45) is 0. The molecule has 2 bridgehead atoms. The Hall–Kier alpha value is -0.900. The highest BCUT2D eigenvalue weighted by Crippen LogP contribution is 2.33. The van der Waals surface area contributed by atoms with Crippen LogP contribution < -0.4 is 0 Å². The average molecular weight is 247 g/mol. The van der Waals surface area contributed by atoms with Gasteiger partial charge in [-0.05, 0) is 11.5 Å². The van der Waals surface area contributed by atoms with Crippen LogP contribution in [0.1, 0.15) is 5.56 Å². The molecular formula is C15H21NO2. The Kier molecular flexibility index (Phi) is 3.64. The van der Waals surface area contributed by atoms with E-state index in [0.717, 1.165) is 32.8 Å². The number of rotatable bonds is 3. The third-order valence-electron chi connectivity index (χ3n) is 4.32. The second kappa shape index (κ2) is 5.39. The van der Waals surface area contributed by atoms with E-state index >= 15 is 0 Å². The molecule has 98 valence electrons. The quantitative estimate of drug-likeness (QED) is 0.875. The lowest BCUT2D eigenvalue weighted by molar-refractivity contribution is -0.0987. The van der Waals surface area contributed by atoms with Crippen LogP contribution in [0.3, 0.4) is 0 Å². The monoisotopic (exact) mass is 247 g/mol. The Morgan fingerprint density at radius 1 is 1.11 bits per heavy atom. The number of nitrogens with zero attached hydrogens (tertiary/aromatic N) is 1. The number of hydrogen-bond acceptors (Lipinski definition) is 3. The lowest BCUT2D eigenvalue weighted by Crippen LogP contribution is -2.53. The first-order chi connectivity index (χ1) is 8.86. The van der Waals surface area contributed by atoms with Crippen molar-refractivity contribution in [3.05, 3.63) is 35.9 Å². The van der Waals surface area contributed by atoms with Crippen molar-refractivity contribution in [1.29, 1.82) is 0 Å². The lowest BCUT2D eigenvalue weighted by atomic mass is 9.77. The first-order valence-corrected chi connectivity index (χ1v) is 6.81. The summed E-state index contributed by atoms with van der Waals surface area (Å²) in [6.45, 7) is 5.07. The molecule has 2 heterocycles.